The highest BCUT2D eigenvalue weighted by Gasteiger charge is 2.13. The molecule has 1 fully saturated rings. The molecule has 22 heavy (non-hydrogen) atoms. The molecule has 1 aliphatic rings. The molecule has 0 aliphatic carbocycles. The van der Waals surface area contributed by atoms with E-state index in [1.54, 1.807) is 7.05 Å². The van der Waals surface area contributed by atoms with Crippen molar-refractivity contribution >= 4 is 5.95 Å². The first-order chi connectivity index (χ1) is 10.3. The number of aliphatic hydroxyl groups is 2. The molecule has 2 rings (SSSR count). The highest BCUT2D eigenvalue weighted by Crippen LogP contribution is 2.03. The van der Waals surface area contributed by atoms with Gasteiger partial charge in [0.2, 0.25) is 5.95 Å². The number of ether oxygens (including phenoxy) is 1. The third-order valence-corrected chi connectivity index (χ3v) is 3.11. The maximum Gasteiger partial charge on any atom is 0.223 e. The van der Waals surface area contributed by atoms with Crippen LogP contribution in [0.25, 0.3) is 0 Å². The molecule has 1 aliphatic heterocycles. The van der Waals surface area contributed by atoms with Crippen molar-refractivity contribution in [3.8, 4) is 0 Å². The van der Waals surface area contributed by atoms with Gasteiger partial charge in [-0.05, 0) is 19.9 Å². The molecule has 0 amide bonds. The van der Waals surface area contributed by atoms with Crippen LogP contribution in [0, 0.1) is 19.1 Å². The van der Waals surface area contributed by atoms with Crippen molar-refractivity contribution in [2.75, 3.05) is 51.8 Å². The van der Waals surface area contributed by atoms with Gasteiger partial charge in [0, 0.05) is 17.9 Å². The molecule has 0 spiro atoms. The smallest absolute Gasteiger partial charge is 0.223 e. The zero-order chi connectivity index (χ0) is 16.6. The van der Waals surface area contributed by atoms with Crippen molar-refractivity contribution in [1.82, 2.24) is 9.97 Å². The third kappa shape index (κ3) is 7.62. The monoisotopic (exact) mass is 314 g/mol. The Kier molecular flexibility index (Phi) is 7.63. The Hall–Kier alpha value is -1.32. The van der Waals surface area contributed by atoms with Gasteiger partial charge < -0.3 is 30.1 Å². The van der Waals surface area contributed by atoms with Gasteiger partial charge in [0.15, 0.2) is 0 Å². The molecular weight excluding hydrogens is 288 g/mol. The van der Waals surface area contributed by atoms with Crippen LogP contribution >= 0.6 is 0 Å². The van der Waals surface area contributed by atoms with Gasteiger partial charge in [-0.25, -0.2) is 9.97 Å². The summed E-state index contributed by atoms with van der Waals surface area (Å²) in [5.41, 5.74) is 1.75. The van der Waals surface area contributed by atoms with Gasteiger partial charge in [-0.1, -0.05) is 0 Å². The highest BCUT2D eigenvalue weighted by atomic mass is 16.6. The summed E-state index contributed by atoms with van der Waals surface area (Å²) in [4.78, 5) is 8.25. The molecule has 3 N–H and O–H groups in total. The number of anilines is 1. The second kappa shape index (κ2) is 8.96. The third-order valence-electron chi connectivity index (χ3n) is 3.11. The van der Waals surface area contributed by atoms with Crippen molar-refractivity contribution in [3.05, 3.63) is 22.7 Å². The molecule has 8 heteroatoms. The van der Waals surface area contributed by atoms with Crippen molar-refractivity contribution in [2.24, 2.45) is 0 Å². The van der Waals surface area contributed by atoms with Crippen LogP contribution in [0.2, 0.25) is 0 Å². The van der Waals surface area contributed by atoms with E-state index in [-0.39, 0.29) is 17.8 Å². The van der Waals surface area contributed by atoms with Crippen LogP contribution in [-0.2, 0) is 4.74 Å². The molecule has 1 unspecified atom stereocenters. The van der Waals surface area contributed by atoms with E-state index in [1.807, 2.05) is 19.9 Å². The first kappa shape index (κ1) is 18.7. The van der Waals surface area contributed by atoms with Crippen molar-refractivity contribution in [3.63, 3.8) is 0 Å². The second-order valence-electron chi connectivity index (χ2n) is 5.55. The second-order valence-corrected chi connectivity index (χ2v) is 5.55. The summed E-state index contributed by atoms with van der Waals surface area (Å²) in [5, 5.41) is 31.5. The number of nitrogens with one attached hydrogen (secondary N) is 1. The number of rotatable bonds is 4. The summed E-state index contributed by atoms with van der Waals surface area (Å²) in [6.45, 7) is 6.21. The molecule has 1 aromatic rings. The normalized spacial score (nSPS) is 18.1. The number of hydrogen-bond acceptors (Lipinski definition) is 7. The fourth-order valence-electron chi connectivity index (χ4n) is 1.81. The van der Waals surface area contributed by atoms with Gasteiger partial charge in [-0.2, -0.15) is 0 Å². The number of quaternary nitrogens is 1. The van der Waals surface area contributed by atoms with E-state index in [0.717, 1.165) is 11.4 Å². The van der Waals surface area contributed by atoms with Crippen molar-refractivity contribution in [1.29, 1.82) is 0 Å². The molecule has 126 valence electrons. The van der Waals surface area contributed by atoms with Gasteiger partial charge >= 0.3 is 0 Å². The molecule has 0 bridgehead atoms. The summed E-state index contributed by atoms with van der Waals surface area (Å²) >= 11 is 0. The fourth-order valence-corrected chi connectivity index (χ4v) is 1.81. The number of nitrogens with zero attached hydrogens (tertiary/aromatic N) is 3. The first-order valence-corrected chi connectivity index (χ1v) is 7.31. The summed E-state index contributed by atoms with van der Waals surface area (Å²) < 4.78 is 4.86. The van der Waals surface area contributed by atoms with E-state index in [0.29, 0.717) is 32.3 Å². The first-order valence-electron chi connectivity index (χ1n) is 7.31. The average molecular weight is 314 g/mol. The Bertz CT molecular complexity index is 428. The highest BCUT2D eigenvalue weighted by molar-refractivity contribution is 5.27. The fraction of sp³-hybridized carbons (Fsp3) is 0.714. The minimum absolute atomic E-state index is 0.125. The van der Waals surface area contributed by atoms with Gasteiger partial charge in [0.1, 0.15) is 13.1 Å². The minimum atomic E-state index is -0.778. The molecule has 0 saturated carbocycles. The van der Waals surface area contributed by atoms with Crippen LogP contribution in [0.5, 0.6) is 0 Å². The number of hydrogen-bond donors (Lipinski definition) is 3. The lowest BCUT2D eigenvalue weighted by Crippen LogP contribution is -2.46. The lowest BCUT2D eigenvalue weighted by Gasteiger charge is -2.41. The van der Waals surface area contributed by atoms with Crippen LogP contribution in [0.15, 0.2) is 6.07 Å². The lowest BCUT2D eigenvalue weighted by atomic mass is 10.3. The lowest BCUT2D eigenvalue weighted by molar-refractivity contribution is -0.869. The summed E-state index contributed by atoms with van der Waals surface area (Å²) in [6.07, 6.45) is -0.778. The van der Waals surface area contributed by atoms with Gasteiger partial charge in [-0.3, -0.25) is 0 Å². The molecule has 2 heterocycles. The van der Waals surface area contributed by atoms with Crippen molar-refractivity contribution in [2.45, 2.75) is 20.0 Å². The van der Waals surface area contributed by atoms with Crippen molar-refractivity contribution < 1.29 is 19.6 Å². The number of hydroxylamine groups is 3. The quantitative estimate of drug-likeness (QED) is 0.522. The van der Waals surface area contributed by atoms with Crippen LogP contribution in [0.4, 0.5) is 5.95 Å². The zero-order valence-corrected chi connectivity index (χ0v) is 13.4. The Balaban J connectivity index is 0.000000255. The Morgan fingerprint density at radius 2 is 1.86 bits per heavy atom. The van der Waals surface area contributed by atoms with Crippen LogP contribution in [0.1, 0.15) is 11.4 Å². The van der Waals surface area contributed by atoms with E-state index >= 15 is 0 Å². The molecule has 0 radical (unpaired) electrons. The number of likely N-dealkylation sites (N-methyl/N-ethyl adjacent to an activating group) is 1. The minimum Gasteiger partial charge on any atom is -0.633 e. The maximum absolute atomic E-state index is 11.0. The van der Waals surface area contributed by atoms with E-state index in [2.05, 4.69) is 15.3 Å². The Morgan fingerprint density at radius 1 is 1.32 bits per heavy atom. The van der Waals surface area contributed by atoms with Crippen LogP contribution in [-0.4, -0.2) is 77.4 Å². The number of aliphatic hydroxyl groups excluding tert-OH is 2. The summed E-state index contributed by atoms with van der Waals surface area (Å²) in [6, 6.07) is 1.87. The number of morpholine rings is 1. The largest absolute Gasteiger partial charge is 0.633 e. The summed E-state index contributed by atoms with van der Waals surface area (Å²) in [7, 11) is 1.68. The van der Waals surface area contributed by atoms with E-state index in [9.17, 15) is 5.21 Å². The van der Waals surface area contributed by atoms with Gasteiger partial charge in [0.05, 0.1) is 33.0 Å². The van der Waals surface area contributed by atoms with E-state index in [4.69, 9.17) is 14.9 Å². The standard InChI is InChI=1S/C9H15N3O2.C5H11NO2/c1-6-3-7(2)12-9(11-6)10-4-8(14)5-13;1-6(7)2-4-8-5-3-6/h3,8,13-14H,4-5H2,1-2H3,(H,10,11,12);2-5H2,1H3. The van der Waals surface area contributed by atoms with E-state index in [1.165, 1.54) is 0 Å². The maximum atomic E-state index is 11.0. The van der Waals surface area contributed by atoms with E-state index < -0.39 is 6.10 Å². The molecule has 1 aromatic heterocycles. The molecule has 0 aromatic carbocycles. The molecule has 8 nitrogen and oxygen atoms in total. The predicted octanol–water partition coefficient (Wildman–Crippen LogP) is -0.180. The topological polar surface area (TPSA) is 111 Å². The molecule has 1 atom stereocenters. The number of aromatic nitrogens is 2. The SMILES string of the molecule is C[N+]1([O-])CCOCC1.Cc1cc(C)nc(NCC(O)CO)n1. The predicted molar refractivity (Wildman–Crippen MR) is 83.2 cm³/mol. The summed E-state index contributed by atoms with van der Waals surface area (Å²) in [5.74, 6) is 0.481. The molecule has 1 saturated heterocycles. The average Bonchev–Trinajstić information content (AvgIpc) is 2.44. The Morgan fingerprint density at radius 3 is 2.27 bits per heavy atom. The zero-order valence-electron chi connectivity index (χ0n) is 13.4. The van der Waals surface area contributed by atoms with Crippen LogP contribution < -0.4 is 5.32 Å². The Labute approximate surface area is 130 Å². The van der Waals surface area contributed by atoms with Gasteiger partial charge in [0.25, 0.3) is 0 Å². The van der Waals surface area contributed by atoms with Crippen LogP contribution in [0.3, 0.4) is 0 Å². The molecular formula is C14H26N4O4. The van der Waals surface area contributed by atoms with Gasteiger partial charge in [-0.15, -0.1) is 0 Å². The number of aryl methyl sites for hydroxylation is 2.